The summed E-state index contributed by atoms with van der Waals surface area (Å²) in [5, 5.41) is 56.7. The average molecular weight is 785 g/mol. The van der Waals surface area contributed by atoms with Crippen LogP contribution in [0.15, 0.2) is 54.9 Å². The number of amides is 2. The van der Waals surface area contributed by atoms with Gasteiger partial charge < -0.3 is 40.2 Å². The molecule has 6 N–H and O–H groups in total. The number of carbonyl (C=O) groups is 2. The number of rotatable bonds is 12. The molecule has 6 unspecified atom stereocenters. The summed E-state index contributed by atoms with van der Waals surface area (Å²) in [6.07, 6.45) is -5.13. The molecule has 55 heavy (non-hydrogen) atoms. The van der Waals surface area contributed by atoms with Crippen molar-refractivity contribution >= 4 is 51.6 Å². The Kier molecular flexibility index (Phi) is 12.8. The van der Waals surface area contributed by atoms with Gasteiger partial charge in [-0.2, -0.15) is 20.7 Å². The number of alkyl halides is 1. The third-order valence-electron chi connectivity index (χ3n) is 8.30. The van der Waals surface area contributed by atoms with Gasteiger partial charge in [0, 0.05) is 36.0 Å². The highest BCUT2D eigenvalue weighted by Crippen LogP contribution is 2.38. The van der Waals surface area contributed by atoms with E-state index in [4.69, 9.17) is 25.8 Å². The lowest BCUT2D eigenvalue weighted by Gasteiger charge is -2.44. The van der Waals surface area contributed by atoms with E-state index in [1.165, 1.54) is 36.7 Å². The summed E-state index contributed by atoms with van der Waals surface area (Å²) < 4.78 is 46.7. The van der Waals surface area contributed by atoms with Crippen molar-refractivity contribution in [2.24, 2.45) is 0 Å². The molecule has 1 fully saturated rings. The van der Waals surface area contributed by atoms with E-state index in [9.17, 15) is 34.6 Å². The van der Waals surface area contributed by atoms with Crippen LogP contribution >= 0.6 is 11.6 Å². The first kappa shape index (κ1) is 40.7. The molecule has 292 valence electrons. The maximum absolute atomic E-state index is 15.7. The average Bonchev–Trinajstić information content (AvgIpc) is 3.67. The Labute approximate surface area is 318 Å². The van der Waals surface area contributed by atoms with Crippen LogP contribution in [0.5, 0.6) is 5.75 Å². The molecule has 0 radical (unpaired) electrons. The fourth-order valence-corrected chi connectivity index (χ4v) is 6.00. The highest BCUT2D eigenvalue weighted by molar-refractivity contribution is 6.31. The van der Waals surface area contributed by atoms with E-state index in [1.807, 2.05) is 0 Å². The smallest absolute Gasteiger partial charge is 0.411 e. The van der Waals surface area contributed by atoms with E-state index in [-0.39, 0.29) is 34.3 Å². The second kappa shape index (κ2) is 17.3. The number of aliphatic hydroxyl groups is 3. The van der Waals surface area contributed by atoms with Crippen molar-refractivity contribution in [1.29, 1.82) is 5.26 Å². The molecule has 2 amide bonds. The highest BCUT2D eigenvalue weighted by atomic mass is 35.5. The zero-order valence-electron chi connectivity index (χ0n) is 30.0. The Hall–Kier alpha value is -5.45. The van der Waals surface area contributed by atoms with Crippen LogP contribution in [0.25, 0.3) is 10.9 Å². The van der Waals surface area contributed by atoms with Crippen molar-refractivity contribution in [2.45, 2.75) is 69.9 Å². The largest absolute Gasteiger partial charge is 0.492 e. The Bertz CT molecular complexity index is 2080. The molecule has 2 aromatic heterocycles. The van der Waals surface area contributed by atoms with E-state index in [1.54, 1.807) is 39.8 Å². The van der Waals surface area contributed by atoms with Crippen molar-refractivity contribution in [3.63, 3.8) is 0 Å². The van der Waals surface area contributed by atoms with Crippen molar-refractivity contribution in [3.05, 3.63) is 77.0 Å². The summed E-state index contributed by atoms with van der Waals surface area (Å²) >= 11 is 5.98. The van der Waals surface area contributed by atoms with Gasteiger partial charge in [-0.1, -0.05) is 17.7 Å². The summed E-state index contributed by atoms with van der Waals surface area (Å²) in [4.78, 5) is 32.5. The van der Waals surface area contributed by atoms with Gasteiger partial charge in [-0.15, -0.1) is 0 Å². The minimum atomic E-state index is -2.27. The molecule has 19 heteroatoms. The number of ether oxygens (including phenoxy) is 3. The molecule has 1 aliphatic heterocycles. The molecule has 16 nitrogen and oxygen atoms in total. The maximum atomic E-state index is 15.7. The Balaban J connectivity index is 1.47. The molecule has 1 saturated heterocycles. The predicted molar refractivity (Wildman–Crippen MR) is 195 cm³/mol. The minimum Gasteiger partial charge on any atom is -0.492 e. The Morgan fingerprint density at radius 3 is 2.62 bits per heavy atom. The number of nitriles is 1. The van der Waals surface area contributed by atoms with Crippen LogP contribution in [0.1, 0.15) is 45.0 Å². The van der Waals surface area contributed by atoms with Crippen LogP contribution in [0.2, 0.25) is 5.02 Å². The first-order valence-electron chi connectivity index (χ1n) is 17.0. The number of fused-ring (bicyclic) bond motifs is 1. The molecular formula is C36H39ClF2N8O8. The van der Waals surface area contributed by atoms with Gasteiger partial charge in [0.25, 0.3) is 0 Å². The molecule has 1 aliphatic rings. The van der Waals surface area contributed by atoms with Crippen LogP contribution in [-0.4, -0.2) is 109 Å². The van der Waals surface area contributed by atoms with Crippen LogP contribution in [0.4, 0.5) is 30.6 Å². The number of hydrogen-bond donors (Lipinski definition) is 6. The van der Waals surface area contributed by atoms with E-state index in [0.717, 1.165) is 11.0 Å². The number of H-pyrrole nitrogens is 1. The summed E-state index contributed by atoms with van der Waals surface area (Å²) in [5.41, 5.74) is 0.369. The fourth-order valence-electron chi connectivity index (χ4n) is 5.82. The molecule has 6 atom stereocenters. The quantitative estimate of drug-likeness (QED) is 0.109. The number of carbonyl (C=O) groups excluding carboxylic acids is 2. The lowest BCUT2D eigenvalue weighted by Crippen LogP contribution is -2.60. The SMILES string of the molecule is CCOc1cc2ncc(C#N)c(Nc3ccc(F)c(Cl)c3)c2cc1NC(=O)C=CCN(C(=O)OC(C)(C)C)C(c1cn[nH]n1)C1OC(CO)C(O)C(O)C1F. The maximum Gasteiger partial charge on any atom is 0.411 e. The first-order chi connectivity index (χ1) is 26.1. The Morgan fingerprint density at radius 1 is 1.22 bits per heavy atom. The molecule has 5 rings (SSSR count). The van der Waals surface area contributed by atoms with Gasteiger partial charge in [0.05, 0.1) is 46.9 Å². The third-order valence-corrected chi connectivity index (χ3v) is 8.59. The zero-order valence-corrected chi connectivity index (χ0v) is 30.8. The number of benzene rings is 2. The van der Waals surface area contributed by atoms with Crippen molar-refractivity contribution in [3.8, 4) is 11.8 Å². The summed E-state index contributed by atoms with van der Waals surface area (Å²) in [6.45, 7) is 5.62. The molecule has 0 bridgehead atoms. The topological polar surface area (TPSA) is 228 Å². The number of hydrogen-bond acceptors (Lipinski definition) is 13. The lowest BCUT2D eigenvalue weighted by atomic mass is 9.90. The Morgan fingerprint density at radius 2 is 1.98 bits per heavy atom. The molecule has 4 aromatic rings. The third kappa shape index (κ3) is 9.44. The molecule has 0 spiro atoms. The number of aromatic amines is 1. The number of anilines is 3. The highest BCUT2D eigenvalue weighted by Gasteiger charge is 2.51. The van der Waals surface area contributed by atoms with Gasteiger partial charge in [0.15, 0.2) is 6.17 Å². The number of aliphatic hydroxyl groups excluding tert-OH is 3. The fraction of sp³-hybridized carbons (Fsp3) is 0.389. The molecule has 0 aliphatic carbocycles. The minimum absolute atomic E-state index is 0.00756. The standard InChI is InChI=1S/C36H39ClF2N8O8/c1-5-53-26-13-23-20(30(18(14-40)15-41-23)43-19-8-9-22(38)21(37)11-19)12-24(26)44-28(49)7-6-10-47(35(52)55-36(2,3)4)31(25-16-42-46-45-25)34-29(39)33(51)32(50)27(17-48)54-34/h6-9,11-13,15-16,27,29,31-34,48,50-51H,5,10,17H2,1-4H3,(H,41,43)(H,44,49)(H,42,45,46). The molecular weight excluding hydrogens is 746 g/mol. The lowest BCUT2D eigenvalue weighted by molar-refractivity contribution is -0.226. The zero-order chi connectivity index (χ0) is 40.0. The van der Waals surface area contributed by atoms with Crippen LogP contribution in [-0.2, 0) is 14.3 Å². The van der Waals surface area contributed by atoms with Gasteiger partial charge in [-0.25, -0.2) is 13.6 Å². The number of halogens is 3. The number of nitrogens with one attached hydrogen (secondary N) is 3. The second-order valence-corrected chi connectivity index (χ2v) is 13.7. The number of nitrogens with zero attached hydrogens (tertiary/aromatic N) is 5. The number of pyridine rings is 1. The predicted octanol–water partition coefficient (Wildman–Crippen LogP) is 4.45. The number of aromatic nitrogens is 4. The normalized spacial score (nSPS) is 20.5. The summed E-state index contributed by atoms with van der Waals surface area (Å²) in [7, 11) is 0. The van der Waals surface area contributed by atoms with Gasteiger partial charge >= 0.3 is 6.09 Å². The summed E-state index contributed by atoms with van der Waals surface area (Å²) in [6, 6.07) is 7.69. The van der Waals surface area contributed by atoms with Gasteiger partial charge in [0.1, 0.15) is 59.4 Å². The molecule has 3 heterocycles. The van der Waals surface area contributed by atoms with Gasteiger partial charge in [0.2, 0.25) is 5.91 Å². The second-order valence-electron chi connectivity index (χ2n) is 13.3. The van der Waals surface area contributed by atoms with Crippen molar-refractivity contribution in [2.75, 3.05) is 30.4 Å². The van der Waals surface area contributed by atoms with Crippen molar-refractivity contribution < 1.29 is 47.9 Å². The van der Waals surface area contributed by atoms with Gasteiger partial charge in [-0.3, -0.25) is 14.7 Å². The van der Waals surface area contributed by atoms with Crippen LogP contribution in [0.3, 0.4) is 0 Å². The van der Waals surface area contributed by atoms with E-state index < -0.39 is 73.2 Å². The first-order valence-corrected chi connectivity index (χ1v) is 17.3. The van der Waals surface area contributed by atoms with Crippen molar-refractivity contribution in [1.82, 2.24) is 25.3 Å². The van der Waals surface area contributed by atoms with Crippen LogP contribution in [0, 0.1) is 17.1 Å². The molecule has 2 aromatic carbocycles. The van der Waals surface area contributed by atoms with E-state index in [2.05, 4.69) is 37.1 Å². The summed E-state index contributed by atoms with van der Waals surface area (Å²) in [5.74, 6) is -1.07. The van der Waals surface area contributed by atoms with Crippen LogP contribution < -0.4 is 15.4 Å². The molecule has 0 saturated carbocycles. The van der Waals surface area contributed by atoms with E-state index in [0.29, 0.717) is 22.3 Å². The monoisotopic (exact) mass is 784 g/mol. The van der Waals surface area contributed by atoms with E-state index >= 15 is 4.39 Å². The van der Waals surface area contributed by atoms with Gasteiger partial charge in [-0.05, 0) is 52.0 Å².